The van der Waals surface area contributed by atoms with Gasteiger partial charge in [0.05, 0.1) is 16.7 Å². The number of hydrazone groups is 1. The van der Waals surface area contributed by atoms with Gasteiger partial charge in [0.25, 0.3) is 5.91 Å². The molecule has 1 N–H and O–H groups in total. The van der Waals surface area contributed by atoms with Crippen molar-refractivity contribution in [2.75, 3.05) is 6.61 Å². The van der Waals surface area contributed by atoms with E-state index >= 15 is 0 Å². The Kier molecular flexibility index (Phi) is 7.65. The predicted molar refractivity (Wildman–Crippen MR) is 120 cm³/mol. The van der Waals surface area contributed by atoms with Crippen molar-refractivity contribution in [3.63, 3.8) is 0 Å². The topological polar surface area (TPSA) is 120 Å². The van der Waals surface area contributed by atoms with Gasteiger partial charge in [0.2, 0.25) is 0 Å². The maximum Gasteiger partial charge on any atom is 0.343 e. The Balaban J connectivity index is 1.62. The number of nitro groups is 1. The second-order valence-corrected chi connectivity index (χ2v) is 7.16. The van der Waals surface area contributed by atoms with Crippen LogP contribution in [0.4, 0.5) is 5.69 Å². The van der Waals surface area contributed by atoms with E-state index in [-0.39, 0.29) is 17.2 Å². The van der Waals surface area contributed by atoms with Crippen LogP contribution >= 0.6 is 15.9 Å². The first-order valence-electron chi connectivity index (χ1n) is 9.19. The molecule has 0 saturated heterocycles. The first-order valence-corrected chi connectivity index (χ1v) is 9.98. The number of esters is 1. The Morgan fingerprint density at radius 1 is 1.03 bits per heavy atom. The molecule has 3 aromatic carbocycles. The number of carbonyl (C=O) groups excluding carboxylic acids is 2. The molecule has 162 valence electrons. The number of hydrogen-bond acceptors (Lipinski definition) is 7. The smallest absolute Gasteiger partial charge is 0.343 e. The fraction of sp³-hybridized carbons (Fsp3) is 0.0455. The lowest BCUT2D eigenvalue weighted by molar-refractivity contribution is -0.385. The molecular weight excluding hydrogens is 482 g/mol. The van der Waals surface area contributed by atoms with Crippen LogP contribution in [-0.4, -0.2) is 29.6 Å². The largest absolute Gasteiger partial charge is 0.477 e. The number of benzene rings is 3. The lowest BCUT2D eigenvalue weighted by atomic mass is 10.2. The molecule has 0 fully saturated rings. The van der Waals surface area contributed by atoms with Crippen LogP contribution in [0.3, 0.4) is 0 Å². The Hall–Kier alpha value is -4.05. The molecule has 0 heterocycles. The number of halogens is 1. The van der Waals surface area contributed by atoms with E-state index in [1.807, 2.05) is 0 Å². The number of para-hydroxylation sites is 2. The Morgan fingerprint density at radius 3 is 2.50 bits per heavy atom. The second kappa shape index (κ2) is 10.8. The summed E-state index contributed by atoms with van der Waals surface area (Å²) >= 11 is 3.33. The summed E-state index contributed by atoms with van der Waals surface area (Å²) < 4.78 is 11.3. The van der Waals surface area contributed by atoms with Gasteiger partial charge in [-0.15, -0.1) is 0 Å². The van der Waals surface area contributed by atoms with Crippen LogP contribution in [0, 0.1) is 10.1 Å². The van der Waals surface area contributed by atoms with E-state index in [0.29, 0.717) is 15.6 Å². The molecule has 1 amide bonds. The standard InChI is InChI=1S/C22H16BrN3O6/c23-17-10-11-19(32-22(28)15-6-2-1-3-7-15)16(12-17)13-24-25-21(27)14-31-20-9-5-4-8-18(20)26(29)30/h1-13H,14H2,(H,25,27)/b24-13-. The third-order valence-electron chi connectivity index (χ3n) is 4.00. The third-order valence-corrected chi connectivity index (χ3v) is 4.49. The van der Waals surface area contributed by atoms with Crippen LogP contribution in [0.2, 0.25) is 0 Å². The van der Waals surface area contributed by atoms with Crippen molar-refractivity contribution in [3.05, 3.63) is 98.5 Å². The zero-order valence-corrected chi connectivity index (χ0v) is 18.0. The molecule has 9 nitrogen and oxygen atoms in total. The van der Waals surface area contributed by atoms with E-state index in [1.165, 1.54) is 24.4 Å². The van der Waals surface area contributed by atoms with Crippen LogP contribution < -0.4 is 14.9 Å². The molecule has 0 aliphatic heterocycles. The molecular formula is C22H16BrN3O6. The summed E-state index contributed by atoms with van der Waals surface area (Å²) in [7, 11) is 0. The van der Waals surface area contributed by atoms with Gasteiger partial charge in [0.1, 0.15) is 5.75 Å². The minimum Gasteiger partial charge on any atom is -0.477 e. The van der Waals surface area contributed by atoms with Crippen LogP contribution in [0.15, 0.2) is 82.4 Å². The van der Waals surface area contributed by atoms with E-state index < -0.39 is 23.4 Å². The lowest BCUT2D eigenvalue weighted by Gasteiger charge is -2.08. The van der Waals surface area contributed by atoms with Crippen molar-refractivity contribution in [1.82, 2.24) is 5.43 Å². The zero-order chi connectivity index (χ0) is 22.9. The number of ether oxygens (including phenoxy) is 2. The van der Waals surface area contributed by atoms with Gasteiger partial charge in [0, 0.05) is 16.1 Å². The lowest BCUT2D eigenvalue weighted by Crippen LogP contribution is -2.24. The van der Waals surface area contributed by atoms with Gasteiger partial charge >= 0.3 is 11.7 Å². The van der Waals surface area contributed by atoms with E-state index in [0.717, 1.165) is 0 Å². The first kappa shape index (κ1) is 22.6. The number of nitrogens with zero attached hydrogens (tertiary/aromatic N) is 2. The Morgan fingerprint density at radius 2 is 1.75 bits per heavy atom. The summed E-state index contributed by atoms with van der Waals surface area (Å²) in [5.74, 6) is -0.948. The number of amides is 1. The number of rotatable bonds is 8. The molecule has 3 aromatic rings. The van der Waals surface area contributed by atoms with Crippen molar-refractivity contribution in [2.24, 2.45) is 5.10 Å². The fourth-order valence-corrected chi connectivity index (χ4v) is 2.90. The highest BCUT2D eigenvalue weighted by atomic mass is 79.9. The molecule has 0 aromatic heterocycles. The van der Waals surface area contributed by atoms with Crippen molar-refractivity contribution in [2.45, 2.75) is 0 Å². The van der Waals surface area contributed by atoms with Gasteiger partial charge in [-0.3, -0.25) is 14.9 Å². The van der Waals surface area contributed by atoms with Gasteiger partial charge in [0.15, 0.2) is 12.4 Å². The molecule has 0 aliphatic rings. The molecule has 0 unspecified atom stereocenters. The summed E-state index contributed by atoms with van der Waals surface area (Å²) in [6.07, 6.45) is 1.31. The van der Waals surface area contributed by atoms with E-state index in [9.17, 15) is 19.7 Å². The van der Waals surface area contributed by atoms with E-state index in [2.05, 4.69) is 26.5 Å². The number of nitrogens with one attached hydrogen (secondary N) is 1. The second-order valence-electron chi connectivity index (χ2n) is 6.24. The average Bonchev–Trinajstić information content (AvgIpc) is 2.80. The molecule has 0 atom stereocenters. The van der Waals surface area contributed by atoms with Crippen LogP contribution in [0.25, 0.3) is 0 Å². The highest BCUT2D eigenvalue weighted by molar-refractivity contribution is 9.10. The van der Waals surface area contributed by atoms with Gasteiger partial charge in [-0.25, -0.2) is 10.2 Å². The summed E-state index contributed by atoms with van der Waals surface area (Å²) in [5, 5.41) is 14.8. The minimum atomic E-state index is -0.628. The van der Waals surface area contributed by atoms with Gasteiger partial charge < -0.3 is 9.47 Å². The molecule has 32 heavy (non-hydrogen) atoms. The van der Waals surface area contributed by atoms with Crippen molar-refractivity contribution in [1.29, 1.82) is 0 Å². The average molecular weight is 498 g/mol. The first-order chi connectivity index (χ1) is 15.4. The van der Waals surface area contributed by atoms with E-state index in [4.69, 9.17) is 9.47 Å². The molecule has 0 spiro atoms. The molecule has 0 saturated carbocycles. The normalized spacial score (nSPS) is 10.5. The maximum absolute atomic E-state index is 12.3. The molecule has 0 bridgehead atoms. The number of nitro benzene ring substituents is 1. The Bertz CT molecular complexity index is 1170. The minimum absolute atomic E-state index is 0.0290. The van der Waals surface area contributed by atoms with Crippen molar-refractivity contribution < 1.29 is 24.0 Å². The number of carbonyl (C=O) groups is 2. The van der Waals surface area contributed by atoms with Crippen LogP contribution in [-0.2, 0) is 4.79 Å². The summed E-state index contributed by atoms with van der Waals surface area (Å²) in [6.45, 7) is -0.476. The number of hydrogen-bond donors (Lipinski definition) is 1. The monoisotopic (exact) mass is 497 g/mol. The SMILES string of the molecule is O=C(COc1ccccc1[N+](=O)[O-])N/N=C\c1cc(Br)ccc1OC(=O)c1ccccc1. The molecule has 0 radical (unpaired) electrons. The van der Waals surface area contributed by atoms with Gasteiger partial charge in [-0.2, -0.15) is 5.10 Å². The van der Waals surface area contributed by atoms with Gasteiger partial charge in [-0.1, -0.05) is 46.3 Å². The summed E-state index contributed by atoms with van der Waals surface area (Å²) in [6, 6.07) is 19.2. The van der Waals surface area contributed by atoms with Gasteiger partial charge in [-0.05, 0) is 36.4 Å². The molecule has 10 heteroatoms. The summed E-state index contributed by atoms with van der Waals surface area (Å²) in [4.78, 5) is 34.7. The fourth-order valence-electron chi connectivity index (χ4n) is 2.53. The highest BCUT2D eigenvalue weighted by Crippen LogP contribution is 2.25. The Labute approximate surface area is 190 Å². The zero-order valence-electron chi connectivity index (χ0n) is 16.4. The van der Waals surface area contributed by atoms with E-state index in [1.54, 1.807) is 54.6 Å². The quantitative estimate of drug-likeness (QED) is 0.164. The van der Waals surface area contributed by atoms with Crippen LogP contribution in [0.1, 0.15) is 15.9 Å². The summed E-state index contributed by atoms with van der Waals surface area (Å²) in [5.41, 5.74) is 2.84. The van der Waals surface area contributed by atoms with Crippen molar-refractivity contribution >= 4 is 39.7 Å². The predicted octanol–water partition coefficient (Wildman–Crippen LogP) is 4.11. The third kappa shape index (κ3) is 6.22. The molecule has 0 aliphatic carbocycles. The maximum atomic E-state index is 12.3. The highest BCUT2D eigenvalue weighted by Gasteiger charge is 2.15. The molecule has 3 rings (SSSR count). The van der Waals surface area contributed by atoms with Crippen LogP contribution in [0.5, 0.6) is 11.5 Å². The van der Waals surface area contributed by atoms with Crippen molar-refractivity contribution in [3.8, 4) is 11.5 Å².